The standard InChI is InChI=1S/C38H21N11OS2/c1-3-10-23-21(8-1)15-16-28(43-23)49-31(32-29-25(48-52-32)12-5-17-39-29)30(35-44-27-14-7-19-41-34(27)51-35)47-38(49,37-46-26-13-6-18-40-33(26)50-37)36-42-20-22-9-2-4-11-24(22)45-36/h1-20,47H. The number of hydrogen-bond donors (Lipinski definition) is 1. The van der Waals surface area contributed by atoms with Crippen LogP contribution in [-0.2, 0) is 5.66 Å². The van der Waals surface area contributed by atoms with Gasteiger partial charge >= 0.3 is 0 Å². The molecule has 0 radical (unpaired) electrons. The lowest BCUT2D eigenvalue weighted by atomic mass is 10.1. The predicted molar refractivity (Wildman–Crippen MR) is 201 cm³/mol. The van der Waals surface area contributed by atoms with Crippen molar-refractivity contribution in [2.24, 2.45) is 0 Å². The van der Waals surface area contributed by atoms with Crippen LogP contribution in [0.5, 0.6) is 0 Å². The Kier molecular flexibility index (Phi) is 6.20. The normalized spacial score (nSPS) is 16.2. The van der Waals surface area contributed by atoms with Crippen LogP contribution in [0.4, 0.5) is 5.82 Å². The molecule has 0 aliphatic carbocycles. The van der Waals surface area contributed by atoms with Gasteiger partial charge in [0.25, 0.3) is 11.6 Å². The monoisotopic (exact) mass is 711 g/mol. The molecule has 0 spiro atoms. The van der Waals surface area contributed by atoms with Crippen molar-refractivity contribution >= 4 is 94.5 Å². The SMILES string of the molecule is c1ccc2nc(N3C(c4snc5cccnc45)=C(c4nc5cccnc5s4)NC3(c3ncc4ccccc4n3)c3nc4cccnc4o3)ccc2c1. The summed E-state index contributed by atoms with van der Waals surface area (Å²) in [6.07, 6.45) is 7.04. The van der Waals surface area contributed by atoms with Crippen molar-refractivity contribution < 1.29 is 4.42 Å². The summed E-state index contributed by atoms with van der Waals surface area (Å²) >= 11 is 2.81. The first kappa shape index (κ1) is 29.0. The van der Waals surface area contributed by atoms with E-state index >= 15 is 0 Å². The minimum absolute atomic E-state index is 0.264. The van der Waals surface area contributed by atoms with Gasteiger partial charge in [-0.25, -0.2) is 34.9 Å². The zero-order chi connectivity index (χ0) is 34.2. The molecular formula is C38H21N11OS2. The quantitative estimate of drug-likeness (QED) is 0.188. The van der Waals surface area contributed by atoms with Crippen molar-refractivity contribution in [3.05, 3.63) is 143 Å². The molecule has 1 aliphatic heterocycles. The fraction of sp³-hybridized carbons (Fsp3) is 0.0263. The Labute approximate surface area is 301 Å². The third kappa shape index (κ3) is 4.28. The van der Waals surface area contributed by atoms with Gasteiger partial charge in [0.05, 0.1) is 22.4 Å². The summed E-state index contributed by atoms with van der Waals surface area (Å²) in [6.45, 7) is 0. The lowest BCUT2D eigenvalue weighted by Crippen LogP contribution is -2.52. The summed E-state index contributed by atoms with van der Waals surface area (Å²) in [7, 11) is 0. The average molecular weight is 712 g/mol. The highest BCUT2D eigenvalue weighted by Gasteiger charge is 2.57. The number of oxazole rings is 1. The lowest BCUT2D eigenvalue weighted by molar-refractivity contribution is 0.354. The van der Waals surface area contributed by atoms with E-state index in [0.29, 0.717) is 39.3 Å². The molecule has 52 heavy (non-hydrogen) atoms. The van der Waals surface area contributed by atoms with Crippen LogP contribution in [0.25, 0.3) is 65.8 Å². The van der Waals surface area contributed by atoms with Gasteiger partial charge in [-0.2, -0.15) is 4.37 Å². The van der Waals surface area contributed by atoms with Crippen molar-refractivity contribution in [1.82, 2.24) is 49.6 Å². The molecule has 9 heterocycles. The predicted octanol–water partition coefficient (Wildman–Crippen LogP) is 7.56. The summed E-state index contributed by atoms with van der Waals surface area (Å²) in [4.78, 5) is 43.4. The lowest BCUT2D eigenvalue weighted by Gasteiger charge is -2.36. The fourth-order valence-corrected chi connectivity index (χ4v) is 8.47. The number of fused-ring (bicyclic) bond motifs is 5. The van der Waals surface area contributed by atoms with Crippen LogP contribution < -0.4 is 10.2 Å². The summed E-state index contributed by atoms with van der Waals surface area (Å²) < 4.78 is 11.5. The van der Waals surface area contributed by atoms with Gasteiger partial charge in [0, 0.05) is 35.6 Å². The molecule has 12 nitrogen and oxygen atoms in total. The highest BCUT2D eigenvalue weighted by atomic mass is 32.1. The van der Waals surface area contributed by atoms with Crippen molar-refractivity contribution in [3.8, 4) is 0 Å². The van der Waals surface area contributed by atoms with Crippen LogP contribution in [0.3, 0.4) is 0 Å². The minimum Gasteiger partial charge on any atom is -0.417 e. The van der Waals surface area contributed by atoms with E-state index in [-0.39, 0.29) is 5.89 Å². The second-order valence-electron chi connectivity index (χ2n) is 12.1. The Morgan fingerprint density at radius 2 is 1.38 bits per heavy atom. The number of pyridine rings is 4. The Morgan fingerprint density at radius 3 is 2.25 bits per heavy atom. The second kappa shape index (κ2) is 11.1. The van der Waals surface area contributed by atoms with Gasteiger partial charge in [-0.1, -0.05) is 47.7 Å². The van der Waals surface area contributed by atoms with Crippen LogP contribution in [0.15, 0.2) is 126 Å². The Balaban J connectivity index is 1.30. The van der Waals surface area contributed by atoms with Gasteiger partial charge in [-0.15, -0.1) is 0 Å². The van der Waals surface area contributed by atoms with Gasteiger partial charge in [0.1, 0.15) is 42.6 Å². The summed E-state index contributed by atoms with van der Waals surface area (Å²) in [5, 5.41) is 6.43. The largest absolute Gasteiger partial charge is 0.417 e. The van der Waals surface area contributed by atoms with Crippen LogP contribution >= 0.6 is 22.9 Å². The van der Waals surface area contributed by atoms with Gasteiger partial charge in [0.2, 0.25) is 5.71 Å². The highest BCUT2D eigenvalue weighted by Crippen LogP contribution is 2.51. The third-order valence-corrected chi connectivity index (χ3v) is 10.9. The number of nitrogens with zero attached hydrogens (tertiary/aromatic N) is 10. The van der Waals surface area contributed by atoms with E-state index in [1.54, 1.807) is 18.6 Å². The molecule has 14 heteroatoms. The minimum atomic E-state index is -1.51. The molecule has 1 unspecified atom stereocenters. The van der Waals surface area contributed by atoms with E-state index in [0.717, 1.165) is 48.1 Å². The van der Waals surface area contributed by atoms with Crippen molar-refractivity contribution in [3.63, 3.8) is 0 Å². The number of rotatable bonds is 5. The highest BCUT2D eigenvalue weighted by molar-refractivity contribution is 7.19. The van der Waals surface area contributed by atoms with Gasteiger partial charge in [-0.3, -0.25) is 9.88 Å². The summed E-state index contributed by atoms with van der Waals surface area (Å²) in [6, 6.07) is 31.3. The third-order valence-electron chi connectivity index (χ3n) is 9.04. The summed E-state index contributed by atoms with van der Waals surface area (Å²) in [5.74, 6) is 1.22. The average Bonchev–Trinajstić information content (AvgIpc) is 4.00. The molecule has 8 aromatic heterocycles. The molecule has 2 aromatic carbocycles. The molecule has 246 valence electrons. The molecule has 0 amide bonds. The Hall–Kier alpha value is -6.77. The molecule has 1 atom stereocenters. The smallest absolute Gasteiger partial charge is 0.256 e. The molecule has 11 rings (SSSR count). The zero-order valence-corrected chi connectivity index (χ0v) is 28.4. The number of para-hydroxylation sites is 2. The Morgan fingerprint density at radius 1 is 0.635 bits per heavy atom. The van der Waals surface area contributed by atoms with Gasteiger partial charge in [-0.05, 0) is 72.2 Å². The molecule has 1 aliphatic rings. The first-order valence-corrected chi connectivity index (χ1v) is 17.9. The van der Waals surface area contributed by atoms with E-state index in [1.165, 1.54) is 22.9 Å². The van der Waals surface area contributed by atoms with E-state index in [1.807, 2.05) is 97.2 Å². The molecular weight excluding hydrogens is 691 g/mol. The van der Waals surface area contributed by atoms with Crippen molar-refractivity contribution in [2.75, 3.05) is 4.90 Å². The number of nitrogens with one attached hydrogen (secondary N) is 1. The fourth-order valence-electron chi connectivity index (χ4n) is 6.70. The van der Waals surface area contributed by atoms with Crippen molar-refractivity contribution in [2.45, 2.75) is 5.66 Å². The maximum absolute atomic E-state index is 6.64. The second-order valence-corrected chi connectivity index (χ2v) is 13.8. The first-order chi connectivity index (χ1) is 25.7. The number of benzene rings is 2. The van der Waals surface area contributed by atoms with E-state index in [4.69, 9.17) is 38.7 Å². The first-order valence-electron chi connectivity index (χ1n) is 16.3. The molecule has 0 saturated heterocycles. The van der Waals surface area contributed by atoms with Crippen LogP contribution in [0.2, 0.25) is 0 Å². The number of anilines is 1. The number of aromatic nitrogens is 9. The van der Waals surface area contributed by atoms with Crippen LogP contribution in [0, 0.1) is 0 Å². The van der Waals surface area contributed by atoms with Gasteiger partial charge in [0.15, 0.2) is 5.82 Å². The number of thiazole rings is 1. The van der Waals surface area contributed by atoms with Crippen LogP contribution in [0.1, 0.15) is 21.6 Å². The topological polar surface area (TPSA) is 144 Å². The van der Waals surface area contributed by atoms with E-state index < -0.39 is 5.66 Å². The molecule has 10 aromatic rings. The van der Waals surface area contributed by atoms with Crippen molar-refractivity contribution in [1.29, 1.82) is 0 Å². The van der Waals surface area contributed by atoms with E-state index in [9.17, 15) is 0 Å². The molecule has 1 N–H and O–H groups in total. The maximum Gasteiger partial charge on any atom is 0.256 e. The van der Waals surface area contributed by atoms with Gasteiger partial charge < -0.3 is 9.73 Å². The maximum atomic E-state index is 6.64. The number of hydrogen-bond acceptors (Lipinski definition) is 14. The molecule has 0 bridgehead atoms. The molecule has 0 fully saturated rings. The summed E-state index contributed by atoms with van der Waals surface area (Å²) in [5.41, 5.74) is 4.62. The Bertz CT molecular complexity index is 3000. The zero-order valence-electron chi connectivity index (χ0n) is 26.7. The molecule has 0 saturated carbocycles. The van der Waals surface area contributed by atoms with E-state index in [2.05, 4.69) is 26.3 Å². The van der Waals surface area contributed by atoms with Crippen LogP contribution in [-0.4, -0.2) is 44.2 Å².